The average Bonchev–Trinajstić information content (AvgIpc) is 3.10. The van der Waals surface area contributed by atoms with Crippen molar-refractivity contribution in [1.82, 2.24) is 0 Å². The van der Waals surface area contributed by atoms with E-state index in [0.717, 1.165) is 89.9 Å². The Balaban J connectivity index is 4.29. The molecular formula is C41H68NO7P. The molecule has 284 valence electrons. The highest BCUT2D eigenvalue weighted by Crippen LogP contribution is 2.43. The summed E-state index contributed by atoms with van der Waals surface area (Å²) in [5.74, 6) is -0.378. The van der Waals surface area contributed by atoms with E-state index in [1.807, 2.05) is 6.08 Å². The van der Waals surface area contributed by atoms with Crippen LogP contribution < -0.4 is 5.73 Å². The maximum absolute atomic E-state index is 12.5. The average molecular weight is 718 g/mol. The second kappa shape index (κ2) is 37.7. The Hall–Kier alpha value is -2.58. The molecule has 0 fully saturated rings. The molecule has 0 saturated heterocycles. The van der Waals surface area contributed by atoms with Gasteiger partial charge in [-0.25, -0.2) is 4.57 Å². The number of esters is 1. The molecule has 0 aliphatic rings. The molecule has 0 spiro atoms. The Morgan fingerprint density at radius 1 is 0.600 bits per heavy atom. The molecule has 0 aliphatic heterocycles. The quantitative estimate of drug-likeness (QED) is 0.0292. The van der Waals surface area contributed by atoms with Crippen LogP contribution in [0, 0.1) is 0 Å². The van der Waals surface area contributed by atoms with E-state index in [9.17, 15) is 14.3 Å². The fourth-order valence-corrected chi connectivity index (χ4v) is 5.13. The van der Waals surface area contributed by atoms with Gasteiger partial charge in [-0.1, -0.05) is 130 Å². The molecule has 8 nitrogen and oxygen atoms in total. The van der Waals surface area contributed by atoms with Gasteiger partial charge in [-0.05, 0) is 77.0 Å². The number of allylic oxidation sites excluding steroid dienone is 15. The molecule has 9 heteroatoms. The van der Waals surface area contributed by atoms with Crippen molar-refractivity contribution in [2.45, 2.75) is 123 Å². The lowest BCUT2D eigenvalue weighted by atomic mass is 10.1. The Bertz CT molecular complexity index is 1070. The van der Waals surface area contributed by atoms with E-state index in [2.05, 4.69) is 105 Å². The Kier molecular flexibility index (Phi) is 35.7. The van der Waals surface area contributed by atoms with Gasteiger partial charge in [0.15, 0.2) is 0 Å². The van der Waals surface area contributed by atoms with Crippen LogP contribution in [0.15, 0.2) is 97.2 Å². The van der Waals surface area contributed by atoms with Gasteiger partial charge in [-0.15, -0.1) is 0 Å². The van der Waals surface area contributed by atoms with Gasteiger partial charge in [0.2, 0.25) is 0 Å². The third-order valence-corrected chi connectivity index (χ3v) is 8.00. The minimum atomic E-state index is -4.30. The molecule has 0 aromatic carbocycles. The maximum atomic E-state index is 12.5. The molecule has 0 heterocycles. The number of hydrogen-bond acceptors (Lipinski definition) is 7. The van der Waals surface area contributed by atoms with Crippen LogP contribution in [-0.4, -0.2) is 49.9 Å². The van der Waals surface area contributed by atoms with Crippen LogP contribution in [-0.2, 0) is 27.9 Å². The fourth-order valence-electron chi connectivity index (χ4n) is 4.37. The zero-order chi connectivity index (χ0) is 36.6. The number of unbranched alkanes of at least 4 members (excludes halogenated alkanes) is 5. The lowest BCUT2D eigenvalue weighted by Gasteiger charge is -2.19. The number of carbonyl (C=O) groups is 1. The largest absolute Gasteiger partial charge is 0.472 e. The molecule has 3 N–H and O–H groups in total. The number of carbonyl (C=O) groups excluding carboxylic acids is 1. The number of phosphoric acid groups is 1. The summed E-state index contributed by atoms with van der Waals surface area (Å²) in [5.41, 5.74) is 5.34. The van der Waals surface area contributed by atoms with Crippen molar-refractivity contribution in [3.05, 3.63) is 97.2 Å². The normalized spacial score (nSPS) is 14.7. The third-order valence-electron chi connectivity index (χ3n) is 7.02. The second-order valence-corrected chi connectivity index (χ2v) is 13.1. The fraction of sp³-hybridized carbons (Fsp3) is 0.585. The summed E-state index contributed by atoms with van der Waals surface area (Å²) in [7, 11) is -4.30. The van der Waals surface area contributed by atoms with E-state index in [-0.39, 0.29) is 38.8 Å². The van der Waals surface area contributed by atoms with Crippen molar-refractivity contribution >= 4 is 13.8 Å². The minimum Gasteiger partial charge on any atom is -0.457 e. The highest BCUT2D eigenvalue weighted by Gasteiger charge is 2.25. The minimum absolute atomic E-state index is 0.0482. The number of hydrogen-bond donors (Lipinski definition) is 2. The summed E-state index contributed by atoms with van der Waals surface area (Å²) in [6.07, 6.45) is 48.7. The highest BCUT2D eigenvalue weighted by atomic mass is 31.2. The maximum Gasteiger partial charge on any atom is 0.472 e. The zero-order valence-corrected chi connectivity index (χ0v) is 32.0. The molecule has 0 radical (unpaired) electrons. The van der Waals surface area contributed by atoms with E-state index in [0.29, 0.717) is 13.0 Å². The molecule has 0 aromatic heterocycles. The number of rotatable bonds is 34. The van der Waals surface area contributed by atoms with E-state index in [4.69, 9.17) is 24.3 Å². The zero-order valence-electron chi connectivity index (χ0n) is 31.1. The van der Waals surface area contributed by atoms with Gasteiger partial charge in [0.05, 0.1) is 26.4 Å². The Morgan fingerprint density at radius 2 is 1.06 bits per heavy atom. The third kappa shape index (κ3) is 36.7. The van der Waals surface area contributed by atoms with Crippen LogP contribution in [0.4, 0.5) is 0 Å². The molecule has 2 atom stereocenters. The lowest BCUT2D eigenvalue weighted by molar-refractivity contribution is -0.154. The van der Waals surface area contributed by atoms with E-state index in [1.54, 1.807) is 0 Å². The molecule has 0 aromatic rings. The molecule has 0 amide bonds. The standard InChI is InChI=1S/C41H68NO7P/c1-3-5-7-9-11-13-15-17-19-21-23-25-27-29-31-33-36-46-38-40(39-48-50(44,45)47-37-35-42)49-41(43)34-32-30-28-26-24-22-20-18-16-14-12-10-8-6-4-2/h5-8,11-14,17-20,23,25,29,31,40H,3-4,9-10,15-16,21-22,24,26-28,30,32-39,42H2,1-2H3,(H,44,45)/b7-5-,8-6-,13-11-,14-12-,19-17-,20-18-,25-23-,31-29-. The van der Waals surface area contributed by atoms with Crippen LogP contribution in [0.3, 0.4) is 0 Å². The van der Waals surface area contributed by atoms with Crippen LogP contribution in [0.1, 0.15) is 117 Å². The molecule has 0 bridgehead atoms. The van der Waals surface area contributed by atoms with Crippen molar-refractivity contribution in [3.8, 4) is 0 Å². The molecular weight excluding hydrogens is 649 g/mol. The Labute approximate surface area is 304 Å². The SMILES string of the molecule is CC/C=C\C/C=C\C/C=C\C/C=C\C/C=C\CCOCC(COP(=O)(O)OCCN)OC(=O)CCCCCCC/C=C\C/C=C\C/C=C\CC. The lowest BCUT2D eigenvalue weighted by Crippen LogP contribution is -2.28. The van der Waals surface area contributed by atoms with Gasteiger partial charge in [-0.3, -0.25) is 13.8 Å². The van der Waals surface area contributed by atoms with Gasteiger partial charge >= 0.3 is 13.8 Å². The first-order valence-corrected chi connectivity index (χ1v) is 20.2. The first-order chi connectivity index (χ1) is 24.4. The highest BCUT2D eigenvalue weighted by molar-refractivity contribution is 7.47. The smallest absolute Gasteiger partial charge is 0.457 e. The van der Waals surface area contributed by atoms with E-state index in [1.165, 1.54) is 0 Å². The number of nitrogens with two attached hydrogens (primary N) is 1. The predicted octanol–water partition coefficient (Wildman–Crippen LogP) is 10.7. The second-order valence-electron chi connectivity index (χ2n) is 11.7. The summed E-state index contributed by atoms with van der Waals surface area (Å²) in [4.78, 5) is 22.4. The summed E-state index contributed by atoms with van der Waals surface area (Å²) in [6.45, 7) is 4.39. The van der Waals surface area contributed by atoms with Crippen molar-refractivity contribution in [2.75, 3.05) is 33.0 Å². The molecule has 0 rings (SSSR count). The van der Waals surface area contributed by atoms with Crippen LogP contribution in [0.2, 0.25) is 0 Å². The first kappa shape index (κ1) is 47.4. The van der Waals surface area contributed by atoms with Crippen molar-refractivity contribution in [1.29, 1.82) is 0 Å². The van der Waals surface area contributed by atoms with Crippen LogP contribution in [0.25, 0.3) is 0 Å². The van der Waals surface area contributed by atoms with Gasteiger partial charge in [0.1, 0.15) is 6.10 Å². The molecule has 0 aliphatic carbocycles. The Morgan fingerprint density at radius 3 is 1.58 bits per heavy atom. The van der Waals surface area contributed by atoms with Crippen LogP contribution >= 0.6 is 7.82 Å². The van der Waals surface area contributed by atoms with E-state index < -0.39 is 13.9 Å². The molecule has 50 heavy (non-hydrogen) atoms. The number of ether oxygens (including phenoxy) is 2. The van der Waals surface area contributed by atoms with E-state index >= 15 is 0 Å². The van der Waals surface area contributed by atoms with Crippen molar-refractivity contribution in [2.24, 2.45) is 5.73 Å². The summed E-state index contributed by atoms with van der Waals surface area (Å²) < 4.78 is 33.2. The van der Waals surface area contributed by atoms with Gasteiger partial charge in [0, 0.05) is 13.0 Å². The molecule has 0 saturated carbocycles. The summed E-state index contributed by atoms with van der Waals surface area (Å²) in [6, 6.07) is 0. The summed E-state index contributed by atoms with van der Waals surface area (Å²) in [5, 5.41) is 0. The van der Waals surface area contributed by atoms with Gasteiger partial charge in [-0.2, -0.15) is 0 Å². The monoisotopic (exact) mass is 717 g/mol. The predicted molar refractivity (Wildman–Crippen MR) is 210 cm³/mol. The van der Waals surface area contributed by atoms with Gasteiger partial charge in [0.25, 0.3) is 0 Å². The number of phosphoric ester groups is 1. The van der Waals surface area contributed by atoms with Crippen LogP contribution in [0.5, 0.6) is 0 Å². The topological polar surface area (TPSA) is 117 Å². The molecule has 2 unspecified atom stereocenters. The van der Waals surface area contributed by atoms with Crippen molar-refractivity contribution in [3.63, 3.8) is 0 Å². The first-order valence-electron chi connectivity index (χ1n) is 18.7. The summed E-state index contributed by atoms with van der Waals surface area (Å²) >= 11 is 0. The van der Waals surface area contributed by atoms with Crippen molar-refractivity contribution < 1.29 is 32.8 Å². The van der Waals surface area contributed by atoms with Gasteiger partial charge < -0.3 is 20.1 Å².